The van der Waals surface area contributed by atoms with Crippen LogP contribution in [0.2, 0.25) is 0 Å². The van der Waals surface area contributed by atoms with E-state index in [0.717, 1.165) is 0 Å². The molecule has 0 aliphatic heterocycles. The number of rotatable bonds is 5. The largest absolute Gasteiger partial charge is 0.478 e. The van der Waals surface area contributed by atoms with E-state index in [0.29, 0.717) is 22.6 Å². The van der Waals surface area contributed by atoms with Crippen molar-refractivity contribution in [3.05, 3.63) is 77.8 Å². The topological polar surface area (TPSA) is 105 Å². The summed E-state index contributed by atoms with van der Waals surface area (Å²) in [6.45, 7) is 0. The van der Waals surface area contributed by atoms with Crippen molar-refractivity contribution in [2.45, 2.75) is 0 Å². The summed E-state index contributed by atoms with van der Waals surface area (Å²) in [5, 5.41) is 12.9. The van der Waals surface area contributed by atoms with E-state index in [2.05, 4.69) is 15.5 Å². The van der Waals surface area contributed by atoms with Crippen LogP contribution in [0.4, 0.5) is 0 Å². The van der Waals surface area contributed by atoms with Crippen molar-refractivity contribution in [3.63, 3.8) is 0 Å². The van der Waals surface area contributed by atoms with Crippen LogP contribution < -0.4 is 5.43 Å². The molecule has 0 aliphatic carbocycles. The highest BCUT2D eigenvalue weighted by atomic mass is 16.4. The summed E-state index contributed by atoms with van der Waals surface area (Å²) in [6.07, 6.45) is 4.40. The molecule has 1 amide bonds. The number of carboxylic acid groups (broad SMARTS) is 1. The summed E-state index contributed by atoms with van der Waals surface area (Å²) < 4.78 is 5.59. The summed E-state index contributed by atoms with van der Waals surface area (Å²) in [5.41, 5.74) is 3.64. The fourth-order valence-corrected chi connectivity index (χ4v) is 2.11. The van der Waals surface area contributed by atoms with Gasteiger partial charge in [0.15, 0.2) is 0 Å². The van der Waals surface area contributed by atoms with Crippen LogP contribution in [-0.2, 0) is 0 Å². The Hall–Kier alpha value is -3.74. The second-order valence-corrected chi connectivity index (χ2v) is 5.02. The van der Waals surface area contributed by atoms with E-state index in [4.69, 9.17) is 9.52 Å². The zero-order valence-electron chi connectivity index (χ0n) is 12.9. The van der Waals surface area contributed by atoms with Crippen molar-refractivity contribution in [2.75, 3.05) is 0 Å². The zero-order valence-corrected chi connectivity index (χ0v) is 12.9. The predicted molar refractivity (Wildman–Crippen MR) is 90.4 cm³/mol. The molecule has 1 aromatic carbocycles. The number of furan rings is 1. The van der Waals surface area contributed by atoms with Crippen molar-refractivity contribution in [3.8, 4) is 11.3 Å². The van der Waals surface area contributed by atoms with Crippen molar-refractivity contribution >= 4 is 18.1 Å². The van der Waals surface area contributed by atoms with Gasteiger partial charge in [-0.25, -0.2) is 10.2 Å². The van der Waals surface area contributed by atoms with Crippen LogP contribution in [0.25, 0.3) is 11.3 Å². The molecule has 0 fully saturated rings. The zero-order chi connectivity index (χ0) is 17.6. The Labute approximate surface area is 142 Å². The number of carbonyl (C=O) groups is 2. The normalized spacial score (nSPS) is 10.7. The van der Waals surface area contributed by atoms with Crippen LogP contribution >= 0.6 is 0 Å². The quantitative estimate of drug-likeness (QED) is 0.551. The van der Waals surface area contributed by atoms with Gasteiger partial charge in [0.2, 0.25) is 0 Å². The Morgan fingerprint density at radius 1 is 1.08 bits per heavy atom. The van der Waals surface area contributed by atoms with E-state index in [1.54, 1.807) is 36.4 Å². The standard InChI is InChI=1S/C18H13N3O4/c22-17(12-6-8-19-9-7-12)21-20-11-15-4-5-16(25-15)13-2-1-3-14(10-13)18(23)24/h1-11H,(H,21,22)(H,23,24)/b20-11-. The molecule has 0 radical (unpaired) electrons. The second kappa shape index (κ2) is 7.22. The van der Waals surface area contributed by atoms with E-state index in [9.17, 15) is 9.59 Å². The molecule has 0 saturated carbocycles. The molecular weight excluding hydrogens is 322 g/mol. The minimum atomic E-state index is -1.01. The first kappa shape index (κ1) is 16.1. The van der Waals surface area contributed by atoms with Gasteiger partial charge in [0, 0.05) is 23.5 Å². The lowest BCUT2D eigenvalue weighted by atomic mass is 10.1. The number of nitrogens with one attached hydrogen (secondary N) is 1. The lowest BCUT2D eigenvalue weighted by Gasteiger charge is -1.99. The molecule has 0 saturated heterocycles. The van der Waals surface area contributed by atoms with Crippen LogP contribution in [0.3, 0.4) is 0 Å². The smallest absolute Gasteiger partial charge is 0.335 e. The number of carboxylic acids is 1. The maximum atomic E-state index is 11.8. The molecule has 3 rings (SSSR count). The third-order valence-electron chi connectivity index (χ3n) is 3.32. The monoisotopic (exact) mass is 335 g/mol. The minimum Gasteiger partial charge on any atom is -0.478 e. The summed E-state index contributed by atoms with van der Waals surface area (Å²) in [6, 6.07) is 12.9. The van der Waals surface area contributed by atoms with Crippen molar-refractivity contribution in [1.29, 1.82) is 0 Å². The highest BCUT2D eigenvalue weighted by Crippen LogP contribution is 2.22. The summed E-state index contributed by atoms with van der Waals surface area (Å²) >= 11 is 0. The first-order valence-corrected chi connectivity index (χ1v) is 7.30. The van der Waals surface area contributed by atoms with Gasteiger partial charge in [-0.1, -0.05) is 12.1 Å². The number of hydrazone groups is 1. The number of pyridine rings is 1. The van der Waals surface area contributed by atoms with Crippen molar-refractivity contribution in [2.24, 2.45) is 5.10 Å². The molecule has 0 unspecified atom stereocenters. The number of aromatic nitrogens is 1. The lowest BCUT2D eigenvalue weighted by Crippen LogP contribution is -2.17. The Balaban J connectivity index is 1.68. The Morgan fingerprint density at radius 2 is 1.88 bits per heavy atom. The average Bonchev–Trinajstić information content (AvgIpc) is 3.11. The van der Waals surface area contributed by atoms with Gasteiger partial charge in [-0.3, -0.25) is 9.78 Å². The maximum absolute atomic E-state index is 11.8. The number of benzene rings is 1. The number of hydrogen-bond acceptors (Lipinski definition) is 5. The first-order chi connectivity index (χ1) is 12.1. The van der Waals surface area contributed by atoms with Gasteiger partial charge in [-0.2, -0.15) is 5.10 Å². The maximum Gasteiger partial charge on any atom is 0.335 e. The van der Waals surface area contributed by atoms with Gasteiger partial charge in [-0.05, 0) is 36.4 Å². The van der Waals surface area contributed by atoms with Crippen molar-refractivity contribution < 1.29 is 19.1 Å². The van der Waals surface area contributed by atoms with Gasteiger partial charge in [0.05, 0.1) is 11.8 Å². The van der Waals surface area contributed by atoms with E-state index in [1.165, 1.54) is 30.7 Å². The predicted octanol–water partition coefficient (Wildman–Crippen LogP) is 2.80. The number of amides is 1. The van der Waals surface area contributed by atoms with Crippen LogP contribution in [0.15, 0.2) is 70.4 Å². The molecule has 2 heterocycles. The minimum absolute atomic E-state index is 0.175. The number of nitrogens with zero attached hydrogens (tertiary/aromatic N) is 2. The first-order valence-electron chi connectivity index (χ1n) is 7.30. The van der Waals surface area contributed by atoms with Gasteiger partial charge < -0.3 is 9.52 Å². The third kappa shape index (κ3) is 3.97. The molecule has 7 nitrogen and oxygen atoms in total. The third-order valence-corrected chi connectivity index (χ3v) is 3.32. The molecule has 7 heteroatoms. The van der Waals surface area contributed by atoms with Crippen LogP contribution in [0.5, 0.6) is 0 Å². The van der Waals surface area contributed by atoms with Crippen LogP contribution in [0.1, 0.15) is 26.5 Å². The number of carbonyl (C=O) groups excluding carboxylic acids is 1. The fourth-order valence-electron chi connectivity index (χ4n) is 2.11. The molecule has 3 aromatic rings. The molecule has 124 valence electrons. The molecule has 25 heavy (non-hydrogen) atoms. The van der Waals surface area contributed by atoms with E-state index in [1.807, 2.05) is 0 Å². The Kier molecular flexibility index (Phi) is 4.66. The molecule has 0 spiro atoms. The average molecular weight is 335 g/mol. The highest BCUT2D eigenvalue weighted by Gasteiger charge is 2.08. The summed E-state index contributed by atoms with van der Waals surface area (Å²) in [4.78, 5) is 26.7. The molecular formula is C18H13N3O4. The highest BCUT2D eigenvalue weighted by molar-refractivity contribution is 5.94. The second-order valence-electron chi connectivity index (χ2n) is 5.02. The van der Waals surface area contributed by atoms with Gasteiger partial charge in [0.25, 0.3) is 5.91 Å². The molecule has 2 aromatic heterocycles. The number of aromatic carboxylic acids is 1. The Morgan fingerprint density at radius 3 is 2.64 bits per heavy atom. The molecule has 2 N–H and O–H groups in total. The van der Waals surface area contributed by atoms with Gasteiger partial charge in [-0.15, -0.1) is 0 Å². The lowest BCUT2D eigenvalue weighted by molar-refractivity contribution is 0.0696. The van der Waals surface area contributed by atoms with E-state index in [-0.39, 0.29) is 11.5 Å². The molecule has 0 aliphatic rings. The van der Waals surface area contributed by atoms with Crippen molar-refractivity contribution in [1.82, 2.24) is 10.4 Å². The fraction of sp³-hybridized carbons (Fsp3) is 0. The summed E-state index contributed by atoms with van der Waals surface area (Å²) in [7, 11) is 0. The van der Waals surface area contributed by atoms with Crippen LogP contribution in [-0.4, -0.2) is 28.2 Å². The SMILES string of the molecule is O=C(O)c1cccc(-c2ccc(/C=N\NC(=O)c3ccncc3)o2)c1. The summed E-state index contributed by atoms with van der Waals surface area (Å²) in [5.74, 6) is -0.440. The van der Waals surface area contributed by atoms with E-state index < -0.39 is 5.97 Å². The number of hydrogen-bond donors (Lipinski definition) is 2. The van der Waals surface area contributed by atoms with Gasteiger partial charge >= 0.3 is 5.97 Å². The van der Waals surface area contributed by atoms with E-state index >= 15 is 0 Å². The molecule has 0 atom stereocenters. The van der Waals surface area contributed by atoms with Crippen LogP contribution in [0, 0.1) is 0 Å². The Bertz CT molecular complexity index is 932. The molecule has 0 bridgehead atoms. The van der Waals surface area contributed by atoms with Gasteiger partial charge in [0.1, 0.15) is 11.5 Å².